The lowest BCUT2D eigenvalue weighted by Crippen LogP contribution is -2.35. The SMILES string of the molecule is O=C1COc2ccc(-c3ccoc3)nc2CN1CCOc1ccccc1. The molecular formula is C20H18N2O4. The van der Waals surface area contributed by atoms with E-state index >= 15 is 0 Å². The minimum atomic E-state index is -0.0791. The number of carbonyl (C=O) groups excluding carboxylic acids is 1. The summed E-state index contributed by atoms with van der Waals surface area (Å²) in [7, 11) is 0. The van der Waals surface area contributed by atoms with Gasteiger partial charge in [0.1, 0.15) is 23.8 Å². The van der Waals surface area contributed by atoms with E-state index in [1.165, 1.54) is 0 Å². The minimum Gasteiger partial charge on any atom is -0.492 e. The number of hydrogen-bond acceptors (Lipinski definition) is 5. The zero-order valence-corrected chi connectivity index (χ0v) is 14.1. The van der Waals surface area contributed by atoms with E-state index in [4.69, 9.17) is 13.9 Å². The Balaban J connectivity index is 1.47. The number of nitrogens with zero attached hydrogens (tertiary/aromatic N) is 2. The molecule has 4 rings (SSSR count). The van der Waals surface area contributed by atoms with Gasteiger partial charge in [-0.05, 0) is 30.3 Å². The normalized spacial score (nSPS) is 13.7. The number of para-hydroxylation sites is 1. The molecule has 2 aromatic heterocycles. The number of hydrogen-bond donors (Lipinski definition) is 0. The standard InChI is InChI=1S/C20H18N2O4/c23-20-14-26-19-7-6-17(15-8-10-24-13-15)21-18(19)12-22(20)9-11-25-16-4-2-1-3-5-16/h1-8,10,13H,9,11-12,14H2. The topological polar surface area (TPSA) is 64.8 Å². The summed E-state index contributed by atoms with van der Waals surface area (Å²) < 4.78 is 16.4. The van der Waals surface area contributed by atoms with Crippen molar-refractivity contribution in [2.45, 2.75) is 6.54 Å². The van der Waals surface area contributed by atoms with Crippen LogP contribution < -0.4 is 9.47 Å². The van der Waals surface area contributed by atoms with Crippen molar-refractivity contribution in [1.82, 2.24) is 9.88 Å². The lowest BCUT2D eigenvalue weighted by Gasteiger charge is -2.19. The largest absolute Gasteiger partial charge is 0.492 e. The van der Waals surface area contributed by atoms with Crippen LogP contribution in [-0.2, 0) is 11.3 Å². The number of ether oxygens (including phenoxy) is 2. The molecule has 26 heavy (non-hydrogen) atoms. The van der Waals surface area contributed by atoms with Gasteiger partial charge in [-0.25, -0.2) is 4.98 Å². The van der Waals surface area contributed by atoms with Crippen LogP contribution in [0.25, 0.3) is 11.3 Å². The van der Waals surface area contributed by atoms with Gasteiger partial charge in [0, 0.05) is 5.56 Å². The van der Waals surface area contributed by atoms with Crippen LogP contribution in [0.2, 0.25) is 0 Å². The van der Waals surface area contributed by atoms with Gasteiger partial charge < -0.3 is 18.8 Å². The van der Waals surface area contributed by atoms with Gasteiger partial charge >= 0.3 is 0 Å². The third kappa shape index (κ3) is 3.54. The van der Waals surface area contributed by atoms with E-state index in [9.17, 15) is 4.79 Å². The molecule has 0 unspecified atom stereocenters. The first-order chi connectivity index (χ1) is 12.8. The van der Waals surface area contributed by atoms with E-state index < -0.39 is 0 Å². The number of fused-ring (bicyclic) bond motifs is 1. The maximum Gasteiger partial charge on any atom is 0.260 e. The third-order valence-electron chi connectivity index (χ3n) is 4.17. The summed E-state index contributed by atoms with van der Waals surface area (Å²) in [4.78, 5) is 18.7. The summed E-state index contributed by atoms with van der Waals surface area (Å²) in [5.74, 6) is 1.34. The highest BCUT2D eigenvalue weighted by Gasteiger charge is 2.23. The molecule has 0 spiro atoms. The Hall–Kier alpha value is -3.28. The van der Waals surface area contributed by atoms with Crippen LogP contribution in [0.4, 0.5) is 0 Å². The van der Waals surface area contributed by atoms with Crippen LogP contribution in [0.15, 0.2) is 65.5 Å². The van der Waals surface area contributed by atoms with Gasteiger partial charge in [0.25, 0.3) is 5.91 Å². The quantitative estimate of drug-likeness (QED) is 0.707. The predicted octanol–water partition coefficient (Wildman–Crippen LogP) is 3.14. The average molecular weight is 350 g/mol. The summed E-state index contributed by atoms with van der Waals surface area (Å²) in [6, 6.07) is 15.1. The molecule has 132 valence electrons. The number of furan rings is 1. The summed E-state index contributed by atoms with van der Waals surface area (Å²) in [6.45, 7) is 1.27. The molecule has 0 radical (unpaired) electrons. The second-order valence-electron chi connectivity index (χ2n) is 5.92. The molecule has 0 saturated carbocycles. The van der Waals surface area contributed by atoms with E-state index in [0.717, 1.165) is 22.7 Å². The molecule has 1 amide bonds. The molecule has 0 bridgehead atoms. The van der Waals surface area contributed by atoms with E-state index in [1.807, 2.05) is 48.5 Å². The van der Waals surface area contributed by atoms with E-state index in [-0.39, 0.29) is 12.5 Å². The fourth-order valence-corrected chi connectivity index (χ4v) is 2.80. The zero-order chi connectivity index (χ0) is 17.8. The van der Waals surface area contributed by atoms with Gasteiger partial charge in [0.2, 0.25) is 0 Å². The number of rotatable bonds is 5. The first-order valence-corrected chi connectivity index (χ1v) is 8.40. The molecule has 1 aliphatic rings. The fraction of sp³-hybridized carbons (Fsp3) is 0.200. The average Bonchev–Trinajstić information content (AvgIpc) is 3.16. The molecule has 0 atom stereocenters. The summed E-state index contributed by atoms with van der Waals surface area (Å²) in [6.07, 6.45) is 3.25. The Kier molecular flexibility index (Phi) is 4.55. The first-order valence-electron chi connectivity index (χ1n) is 8.40. The third-order valence-corrected chi connectivity index (χ3v) is 4.17. The van der Waals surface area contributed by atoms with Crippen molar-refractivity contribution in [3.05, 3.63) is 66.8 Å². The van der Waals surface area contributed by atoms with Crippen LogP contribution >= 0.6 is 0 Å². The molecule has 0 aliphatic carbocycles. The van der Waals surface area contributed by atoms with Crippen molar-refractivity contribution >= 4 is 5.91 Å². The highest BCUT2D eigenvalue weighted by Crippen LogP contribution is 2.26. The molecule has 6 heteroatoms. The van der Waals surface area contributed by atoms with E-state index in [1.54, 1.807) is 17.4 Å². The van der Waals surface area contributed by atoms with Gasteiger partial charge in [0.15, 0.2) is 6.61 Å². The Labute approximate surface area is 151 Å². The van der Waals surface area contributed by atoms with Crippen molar-refractivity contribution < 1.29 is 18.7 Å². The maximum absolute atomic E-state index is 12.3. The van der Waals surface area contributed by atoms with E-state index in [0.29, 0.717) is 25.4 Å². The first kappa shape index (κ1) is 16.2. The van der Waals surface area contributed by atoms with Crippen LogP contribution in [-0.4, -0.2) is 35.5 Å². The molecule has 3 heterocycles. The van der Waals surface area contributed by atoms with E-state index in [2.05, 4.69) is 4.98 Å². The van der Waals surface area contributed by atoms with Gasteiger partial charge in [-0.15, -0.1) is 0 Å². The number of pyridine rings is 1. The molecule has 0 saturated heterocycles. The molecule has 1 aromatic carbocycles. The number of amides is 1. The lowest BCUT2D eigenvalue weighted by molar-refractivity contribution is -0.133. The van der Waals surface area contributed by atoms with Gasteiger partial charge in [0.05, 0.1) is 31.3 Å². The number of aromatic nitrogens is 1. The minimum absolute atomic E-state index is 0.00503. The Morgan fingerprint density at radius 2 is 2.00 bits per heavy atom. The summed E-state index contributed by atoms with van der Waals surface area (Å²) in [5, 5.41) is 0. The van der Waals surface area contributed by atoms with Crippen molar-refractivity contribution in [3.8, 4) is 22.8 Å². The van der Waals surface area contributed by atoms with Gasteiger partial charge in [-0.2, -0.15) is 0 Å². The highest BCUT2D eigenvalue weighted by molar-refractivity contribution is 5.78. The van der Waals surface area contributed by atoms with Crippen molar-refractivity contribution in [2.75, 3.05) is 19.8 Å². The molecule has 3 aromatic rings. The van der Waals surface area contributed by atoms with Crippen molar-refractivity contribution in [1.29, 1.82) is 0 Å². The van der Waals surface area contributed by atoms with Gasteiger partial charge in [-0.3, -0.25) is 4.79 Å². The van der Waals surface area contributed by atoms with Gasteiger partial charge in [-0.1, -0.05) is 18.2 Å². The Bertz CT molecular complexity index is 878. The van der Waals surface area contributed by atoms with Crippen LogP contribution in [0.5, 0.6) is 11.5 Å². The second kappa shape index (κ2) is 7.31. The number of carbonyl (C=O) groups is 1. The Morgan fingerprint density at radius 1 is 1.12 bits per heavy atom. The predicted molar refractivity (Wildman–Crippen MR) is 94.8 cm³/mol. The summed E-state index contributed by atoms with van der Waals surface area (Å²) >= 11 is 0. The molecule has 6 nitrogen and oxygen atoms in total. The molecule has 0 fully saturated rings. The lowest BCUT2D eigenvalue weighted by atomic mass is 10.2. The maximum atomic E-state index is 12.3. The van der Waals surface area contributed by atoms with Crippen LogP contribution in [0.3, 0.4) is 0 Å². The monoisotopic (exact) mass is 350 g/mol. The van der Waals surface area contributed by atoms with Crippen LogP contribution in [0.1, 0.15) is 5.69 Å². The number of benzene rings is 1. The second-order valence-corrected chi connectivity index (χ2v) is 5.92. The van der Waals surface area contributed by atoms with Crippen molar-refractivity contribution in [3.63, 3.8) is 0 Å². The molecule has 0 N–H and O–H groups in total. The van der Waals surface area contributed by atoms with Crippen LogP contribution in [0, 0.1) is 0 Å². The Morgan fingerprint density at radius 3 is 2.81 bits per heavy atom. The smallest absolute Gasteiger partial charge is 0.260 e. The molecular weight excluding hydrogens is 332 g/mol. The zero-order valence-electron chi connectivity index (χ0n) is 14.1. The fourth-order valence-electron chi connectivity index (χ4n) is 2.80. The summed E-state index contributed by atoms with van der Waals surface area (Å²) in [5.41, 5.74) is 2.41. The van der Waals surface area contributed by atoms with Crippen molar-refractivity contribution in [2.24, 2.45) is 0 Å². The highest BCUT2D eigenvalue weighted by atomic mass is 16.5. The molecule has 1 aliphatic heterocycles.